The Morgan fingerprint density at radius 2 is 1.96 bits per heavy atom. The Morgan fingerprint density at radius 3 is 2.79 bits per heavy atom. The predicted molar refractivity (Wildman–Crippen MR) is 112 cm³/mol. The molecule has 2 aromatic carbocycles. The molecule has 3 aromatic rings. The Labute approximate surface area is 176 Å². The van der Waals surface area contributed by atoms with Crippen LogP contribution in [0.5, 0.6) is 23.0 Å². The number of benzene rings is 2. The van der Waals surface area contributed by atoms with Gasteiger partial charge in [-0.15, -0.1) is 11.3 Å². The normalized spacial score (nSPS) is 12.2. The molecule has 1 aromatic heterocycles. The monoisotopic (exact) mass is 461 g/mol. The minimum atomic E-state index is 0.265. The molecule has 2 heterocycles. The van der Waals surface area contributed by atoms with Crippen LogP contribution in [-0.2, 0) is 19.7 Å². The molecule has 28 heavy (non-hydrogen) atoms. The van der Waals surface area contributed by atoms with E-state index in [0.29, 0.717) is 18.1 Å². The fraction of sp³-hybridized carbons (Fsp3) is 0.238. The number of thiophene rings is 1. The van der Waals surface area contributed by atoms with Crippen LogP contribution in [-0.4, -0.2) is 13.9 Å². The second-order valence-corrected chi connectivity index (χ2v) is 8.15. The van der Waals surface area contributed by atoms with Crippen molar-refractivity contribution in [2.45, 2.75) is 19.7 Å². The van der Waals surface area contributed by atoms with Crippen molar-refractivity contribution in [2.75, 3.05) is 13.9 Å². The van der Waals surface area contributed by atoms with Crippen molar-refractivity contribution in [2.24, 2.45) is 0 Å². The van der Waals surface area contributed by atoms with E-state index in [0.717, 1.165) is 40.2 Å². The number of methoxy groups -OCH3 is 1. The van der Waals surface area contributed by atoms with Gasteiger partial charge < -0.3 is 24.3 Å². The van der Waals surface area contributed by atoms with Gasteiger partial charge in [-0.1, -0.05) is 12.1 Å². The summed E-state index contributed by atoms with van der Waals surface area (Å²) in [4.78, 5) is 1.31. The molecule has 4 rings (SSSR count). The Hall–Kier alpha value is -2.22. The van der Waals surface area contributed by atoms with Crippen LogP contribution in [0.2, 0.25) is 0 Å². The molecule has 0 bridgehead atoms. The van der Waals surface area contributed by atoms with Gasteiger partial charge in [-0.2, -0.15) is 0 Å². The maximum Gasteiger partial charge on any atom is 0.231 e. The van der Waals surface area contributed by atoms with Crippen LogP contribution in [0.1, 0.15) is 16.0 Å². The molecule has 1 aliphatic rings. The average molecular weight is 462 g/mol. The Balaban J connectivity index is 1.41. The lowest BCUT2D eigenvalue weighted by atomic mass is 10.2. The standard InChI is InChI=1S/C21H20BrNO4S/c1-24-20-9-15(10-23-11-16-3-2-6-28-16)7-17(22)21(20)25-12-14-4-5-18-19(8-14)27-13-26-18/h2-9,23H,10-13H2,1H3. The molecule has 0 saturated heterocycles. The summed E-state index contributed by atoms with van der Waals surface area (Å²) in [5.74, 6) is 2.89. The first kappa shape index (κ1) is 19.1. The van der Waals surface area contributed by atoms with Crippen LogP contribution in [0, 0.1) is 0 Å². The van der Waals surface area contributed by atoms with Crippen LogP contribution in [0.4, 0.5) is 0 Å². The van der Waals surface area contributed by atoms with E-state index in [1.165, 1.54) is 4.88 Å². The molecule has 1 N–H and O–H groups in total. The summed E-state index contributed by atoms with van der Waals surface area (Å²) in [5.41, 5.74) is 2.12. The van der Waals surface area contributed by atoms with Gasteiger partial charge in [-0.05, 0) is 62.8 Å². The van der Waals surface area contributed by atoms with Gasteiger partial charge in [0.25, 0.3) is 0 Å². The fourth-order valence-electron chi connectivity index (χ4n) is 2.94. The third-order valence-electron chi connectivity index (χ3n) is 4.32. The molecule has 0 unspecified atom stereocenters. The molecule has 0 radical (unpaired) electrons. The second-order valence-electron chi connectivity index (χ2n) is 6.27. The van der Waals surface area contributed by atoms with Gasteiger partial charge in [-0.3, -0.25) is 0 Å². The van der Waals surface area contributed by atoms with Crippen molar-refractivity contribution < 1.29 is 18.9 Å². The fourth-order valence-corrected chi connectivity index (χ4v) is 4.22. The van der Waals surface area contributed by atoms with Gasteiger partial charge in [0.15, 0.2) is 23.0 Å². The molecule has 0 fully saturated rings. The highest BCUT2D eigenvalue weighted by molar-refractivity contribution is 9.10. The molecular formula is C21H20BrNO4S. The van der Waals surface area contributed by atoms with Gasteiger partial charge in [0.1, 0.15) is 6.61 Å². The minimum Gasteiger partial charge on any atom is -0.493 e. The summed E-state index contributed by atoms with van der Waals surface area (Å²) < 4.78 is 23.2. The van der Waals surface area contributed by atoms with E-state index in [-0.39, 0.29) is 6.79 Å². The zero-order valence-electron chi connectivity index (χ0n) is 15.4. The van der Waals surface area contributed by atoms with Crippen molar-refractivity contribution in [3.63, 3.8) is 0 Å². The zero-order chi connectivity index (χ0) is 19.3. The van der Waals surface area contributed by atoms with E-state index >= 15 is 0 Å². The summed E-state index contributed by atoms with van der Waals surface area (Å²) in [6.45, 7) is 2.26. The number of hydrogen-bond acceptors (Lipinski definition) is 6. The molecule has 0 saturated carbocycles. The molecule has 5 nitrogen and oxygen atoms in total. The van der Waals surface area contributed by atoms with Gasteiger partial charge in [0.2, 0.25) is 6.79 Å². The van der Waals surface area contributed by atoms with Crippen LogP contribution < -0.4 is 24.3 Å². The number of halogens is 1. The smallest absolute Gasteiger partial charge is 0.231 e. The SMILES string of the molecule is COc1cc(CNCc2cccs2)cc(Br)c1OCc1ccc2c(c1)OCO2. The van der Waals surface area contributed by atoms with E-state index in [2.05, 4.69) is 44.8 Å². The average Bonchev–Trinajstić information content (AvgIpc) is 3.38. The van der Waals surface area contributed by atoms with Crippen molar-refractivity contribution in [3.8, 4) is 23.0 Å². The highest BCUT2D eigenvalue weighted by Gasteiger charge is 2.15. The van der Waals surface area contributed by atoms with Gasteiger partial charge in [0, 0.05) is 18.0 Å². The van der Waals surface area contributed by atoms with Gasteiger partial charge in [-0.25, -0.2) is 0 Å². The largest absolute Gasteiger partial charge is 0.493 e. The first-order valence-corrected chi connectivity index (χ1v) is 10.5. The Morgan fingerprint density at radius 1 is 1.07 bits per heavy atom. The highest BCUT2D eigenvalue weighted by atomic mass is 79.9. The van der Waals surface area contributed by atoms with Crippen molar-refractivity contribution >= 4 is 27.3 Å². The van der Waals surface area contributed by atoms with Gasteiger partial charge >= 0.3 is 0 Å². The Bertz CT molecular complexity index is 946. The number of hydrogen-bond donors (Lipinski definition) is 1. The van der Waals surface area contributed by atoms with Crippen LogP contribution in [0.3, 0.4) is 0 Å². The summed E-state index contributed by atoms with van der Waals surface area (Å²) in [7, 11) is 1.65. The quantitative estimate of drug-likeness (QED) is 0.504. The minimum absolute atomic E-state index is 0.265. The Kier molecular flexibility index (Phi) is 6.04. The summed E-state index contributed by atoms with van der Waals surface area (Å²) in [6.07, 6.45) is 0. The molecule has 7 heteroatoms. The van der Waals surface area contributed by atoms with Crippen LogP contribution in [0.15, 0.2) is 52.3 Å². The molecule has 0 amide bonds. The maximum atomic E-state index is 6.04. The summed E-state index contributed by atoms with van der Waals surface area (Å²) >= 11 is 5.37. The van der Waals surface area contributed by atoms with Crippen LogP contribution >= 0.6 is 27.3 Å². The van der Waals surface area contributed by atoms with E-state index < -0.39 is 0 Å². The molecule has 0 aliphatic carbocycles. The second kappa shape index (κ2) is 8.86. The van der Waals surface area contributed by atoms with Crippen molar-refractivity contribution in [1.29, 1.82) is 0 Å². The van der Waals surface area contributed by atoms with E-state index in [1.807, 2.05) is 24.3 Å². The topological polar surface area (TPSA) is 49.0 Å². The predicted octanol–water partition coefficient (Wildman–Crippen LogP) is 5.12. The maximum absolute atomic E-state index is 6.04. The van der Waals surface area contributed by atoms with Gasteiger partial charge in [0.05, 0.1) is 11.6 Å². The highest BCUT2D eigenvalue weighted by Crippen LogP contribution is 2.38. The first-order chi connectivity index (χ1) is 13.7. The van der Waals surface area contributed by atoms with Crippen molar-refractivity contribution in [3.05, 3.63) is 68.3 Å². The summed E-state index contributed by atoms with van der Waals surface area (Å²) in [6, 6.07) is 14.0. The number of fused-ring (bicyclic) bond motifs is 1. The molecule has 0 spiro atoms. The van der Waals surface area contributed by atoms with E-state index in [4.69, 9.17) is 18.9 Å². The van der Waals surface area contributed by atoms with E-state index in [9.17, 15) is 0 Å². The lowest BCUT2D eigenvalue weighted by Gasteiger charge is -2.15. The molecule has 146 valence electrons. The van der Waals surface area contributed by atoms with Crippen LogP contribution in [0.25, 0.3) is 0 Å². The van der Waals surface area contributed by atoms with Crippen molar-refractivity contribution in [1.82, 2.24) is 5.32 Å². The summed E-state index contributed by atoms with van der Waals surface area (Å²) in [5, 5.41) is 5.54. The number of ether oxygens (including phenoxy) is 4. The molecule has 0 atom stereocenters. The van der Waals surface area contributed by atoms with E-state index in [1.54, 1.807) is 18.4 Å². The molecular weight excluding hydrogens is 442 g/mol. The number of nitrogens with one attached hydrogen (secondary N) is 1. The lowest BCUT2D eigenvalue weighted by Crippen LogP contribution is -2.12. The third kappa shape index (κ3) is 4.43. The lowest BCUT2D eigenvalue weighted by molar-refractivity contribution is 0.174. The molecule has 1 aliphatic heterocycles. The number of rotatable bonds is 8. The zero-order valence-corrected chi connectivity index (χ0v) is 17.8. The third-order valence-corrected chi connectivity index (χ3v) is 5.78. The first-order valence-electron chi connectivity index (χ1n) is 8.84.